The minimum Gasteiger partial charge on any atom is -0.496 e. The summed E-state index contributed by atoms with van der Waals surface area (Å²) in [4.78, 5) is 11.8. The van der Waals surface area contributed by atoms with Crippen LogP contribution in [0.15, 0.2) is 41.5 Å². The Balaban J connectivity index is 1.97. The van der Waals surface area contributed by atoms with Crippen LogP contribution in [0.3, 0.4) is 0 Å². The zero-order chi connectivity index (χ0) is 18.9. The highest BCUT2D eigenvalue weighted by atomic mass is 35.5. The van der Waals surface area contributed by atoms with Gasteiger partial charge in [0.2, 0.25) is 0 Å². The molecule has 0 aromatic heterocycles. The fourth-order valence-electron chi connectivity index (χ4n) is 2.07. The number of ether oxygens (including phenoxy) is 4. The standard InChI is InChI=1S/C18H19ClN2O5/c1-23-15-9-17(25-3)16(24-2)7-12(15)10-20-21-18(22)11-26-14-6-4-5-13(19)8-14/h4-10H,11H2,1-3H3,(H,21,22). The Kier molecular flexibility index (Phi) is 7.11. The Morgan fingerprint density at radius 3 is 2.42 bits per heavy atom. The second kappa shape index (κ2) is 9.53. The molecule has 1 amide bonds. The molecule has 2 aromatic carbocycles. The molecule has 0 spiro atoms. The molecule has 1 N–H and O–H groups in total. The van der Waals surface area contributed by atoms with Gasteiger partial charge < -0.3 is 18.9 Å². The number of hydrazone groups is 1. The average molecular weight is 379 g/mol. The van der Waals surface area contributed by atoms with Gasteiger partial charge in [-0.25, -0.2) is 5.43 Å². The van der Waals surface area contributed by atoms with Crippen molar-refractivity contribution in [1.82, 2.24) is 5.43 Å². The molecule has 7 nitrogen and oxygen atoms in total. The number of nitrogens with zero attached hydrogens (tertiary/aromatic N) is 1. The minimum atomic E-state index is -0.416. The second-order valence-electron chi connectivity index (χ2n) is 4.99. The SMILES string of the molecule is COc1cc(OC)c(OC)cc1C=NNC(=O)COc1cccc(Cl)c1. The summed E-state index contributed by atoms with van der Waals surface area (Å²) in [7, 11) is 4.58. The lowest BCUT2D eigenvalue weighted by Gasteiger charge is -2.11. The zero-order valence-electron chi connectivity index (χ0n) is 14.6. The predicted molar refractivity (Wildman–Crippen MR) is 98.8 cm³/mol. The van der Waals surface area contributed by atoms with E-state index in [0.29, 0.717) is 33.6 Å². The summed E-state index contributed by atoms with van der Waals surface area (Å²) < 4.78 is 21.1. The van der Waals surface area contributed by atoms with Crippen molar-refractivity contribution < 1.29 is 23.7 Å². The summed E-state index contributed by atoms with van der Waals surface area (Å²) in [5, 5.41) is 4.43. The monoisotopic (exact) mass is 378 g/mol. The first-order valence-electron chi connectivity index (χ1n) is 7.57. The number of carbonyl (C=O) groups is 1. The summed E-state index contributed by atoms with van der Waals surface area (Å²) in [5.41, 5.74) is 2.99. The van der Waals surface area contributed by atoms with Crippen LogP contribution in [-0.4, -0.2) is 40.1 Å². The van der Waals surface area contributed by atoms with E-state index >= 15 is 0 Å². The molecule has 0 bridgehead atoms. The maximum absolute atomic E-state index is 11.8. The second-order valence-corrected chi connectivity index (χ2v) is 5.42. The van der Waals surface area contributed by atoms with Gasteiger partial charge in [0, 0.05) is 16.7 Å². The largest absolute Gasteiger partial charge is 0.496 e. The summed E-state index contributed by atoms with van der Waals surface area (Å²) in [5.74, 6) is 1.65. The Morgan fingerprint density at radius 1 is 1.08 bits per heavy atom. The molecule has 0 heterocycles. The molecule has 0 saturated heterocycles. The van der Waals surface area contributed by atoms with Crippen LogP contribution in [0.25, 0.3) is 0 Å². The van der Waals surface area contributed by atoms with E-state index in [2.05, 4.69) is 10.5 Å². The quantitative estimate of drug-likeness (QED) is 0.564. The molecule has 2 aromatic rings. The molecular weight excluding hydrogens is 360 g/mol. The van der Waals surface area contributed by atoms with Gasteiger partial charge >= 0.3 is 0 Å². The smallest absolute Gasteiger partial charge is 0.277 e. The van der Waals surface area contributed by atoms with Gasteiger partial charge in [-0.15, -0.1) is 0 Å². The van der Waals surface area contributed by atoms with E-state index in [1.807, 2.05) is 0 Å². The molecule has 0 unspecified atom stereocenters. The molecule has 0 saturated carbocycles. The summed E-state index contributed by atoms with van der Waals surface area (Å²) in [6.45, 7) is -0.194. The Bertz CT molecular complexity index is 795. The Morgan fingerprint density at radius 2 is 1.77 bits per heavy atom. The lowest BCUT2D eigenvalue weighted by Crippen LogP contribution is -2.24. The summed E-state index contributed by atoms with van der Waals surface area (Å²) in [6, 6.07) is 10.1. The highest BCUT2D eigenvalue weighted by Gasteiger charge is 2.10. The van der Waals surface area contributed by atoms with E-state index in [4.69, 9.17) is 30.5 Å². The first kappa shape index (κ1) is 19.4. The van der Waals surface area contributed by atoms with E-state index in [1.165, 1.54) is 27.5 Å². The molecule has 0 fully saturated rings. The fourth-order valence-corrected chi connectivity index (χ4v) is 2.25. The molecule has 0 aliphatic rings. The van der Waals surface area contributed by atoms with Crippen molar-refractivity contribution in [2.45, 2.75) is 0 Å². The number of benzene rings is 2. The van der Waals surface area contributed by atoms with Gasteiger partial charge in [0.05, 0.1) is 27.5 Å². The summed E-state index contributed by atoms with van der Waals surface area (Å²) >= 11 is 5.85. The van der Waals surface area contributed by atoms with Gasteiger partial charge in [0.15, 0.2) is 18.1 Å². The molecule has 26 heavy (non-hydrogen) atoms. The number of amides is 1. The minimum absolute atomic E-state index is 0.194. The van der Waals surface area contributed by atoms with Crippen molar-refractivity contribution in [2.75, 3.05) is 27.9 Å². The van der Waals surface area contributed by atoms with Crippen molar-refractivity contribution in [3.8, 4) is 23.0 Å². The van der Waals surface area contributed by atoms with Gasteiger partial charge in [0.1, 0.15) is 11.5 Å². The first-order valence-corrected chi connectivity index (χ1v) is 7.95. The third-order valence-electron chi connectivity index (χ3n) is 3.29. The van der Waals surface area contributed by atoms with Gasteiger partial charge in [-0.3, -0.25) is 4.79 Å². The van der Waals surface area contributed by atoms with Crippen molar-refractivity contribution in [2.24, 2.45) is 5.10 Å². The van der Waals surface area contributed by atoms with E-state index in [9.17, 15) is 4.79 Å². The number of rotatable bonds is 8. The van der Waals surface area contributed by atoms with Crippen LogP contribution in [0.1, 0.15) is 5.56 Å². The van der Waals surface area contributed by atoms with Crippen LogP contribution in [0, 0.1) is 0 Å². The lowest BCUT2D eigenvalue weighted by molar-refractivity contribution is -0.123. The van der Waals surface area contributed by atoms with Gasteiger partial charge in [-0.2, -0.15) is 5.10 Å². The molecule has 0 atom stereocenters. The Hall–Kier alpha value is -2.93. The molecule has 0 aliphatic carbocycles. The third kappa shape index (κ3) is 5.29. The predicted octanol–water partition coefficient (Wildman–Crippen LogP) is 2.89. The van der Waals surface area contributed by atoms with E-state index in [1.54, 1.807) is 36.4 Å². The van der Waals surface area contributed by atoms with Crippen LogP contribution in [0.5, 0.6) is 23.0 Å². The molecular formula is C18H19ClN2O5. The number of hydrogen-bond donors (Lipinski definition) is 1. The fraction of sp³-hybridized carbons (Fsp3) is 0.222. The lowest BCUT2D eigenvalue weighted by atomic mass is 10.2. The first-order chi connectivity index (χ1) is 12.6. The number of hydrogen-bond acceptors (Lipinski definition) is 6. The normalized spacial score (nSPS) is 10.5. The van der Waals surface area contributed by atoms with Crippen LogP contribution >= 0.6 is 11.6 Å². The highest BCUT2D eigenvalue weighted by Crippen LogP contribution is 2.33. The average Bonchev–Trinajstić information content (AvgIpc) is 2.66. The van der Waals surface area contributed by atoms with E-state index < -0.39 is 5.91 Å². The number of methoxy groups -OCH3 is 3. The molecule has 8 heteroatoms. The molecule has 138 valence electrons. The topological polar surface area (TPSA) is 78.4 Å². The van der Waals surface area contributed by atoms with Crippen LogP contribution in [0.2, 0.25) is 5.02 Å². The van der Waals surface area contributed by atoms with Crippen LogP contribution < -0.4 is 24.4 Å². The third-order valence-corrected chi connectivity index (χ3v) is 3.53. The van der Waals surface area contributed by atoms with E-state index in [-0.39, 0.29) is 6.61 Å². The number of halogens is 1. The zero-order valence-corrected chi connectivity index (χ0v) is 15.4. The maximum atomic E-state index is 11.8. The highest BCUT2D eigenvalue weighted by molar-refractivity contribution is 6.30. The molecule has 2 rings (SSSR count). The van der Waals surface area contributed by atoms with Crippen LogP contribution in [0.4, 0.5) is 0 Å². The maximum Gasteiger partial charge on any atom is 0.277 e. The Labute approximate surface area is 156 Å². The van der Waals surface area contributed by atoms with Gasteiger partial charge in [-0.1, -0.05) is 17.7 Å². The summed E-state index contributed by atoms with van der Waals surface area (Å²) in [6.07, 6.45) is 1.44. The van der Waals surface area contributed by atoms with Crippen molar-refractivity contribution in [3.05, 3.63) is 47.0 Å². The van der Waals surface area contributed by atoms with Crippen molar-refractivity contribution in [3.63, 3.8) is 0 Å². The van der Waals surface area contributed by atoms with Crippen LogP contribution in [-0.2, 0) is 4.79 Å². The molecule has 0 aliphatic heterocycles. The number of carbonyl (C=O) groups excluding carboxylic acids is 1. The molecule has 0 radical (unpaired) electrons. The number of nitrogens with one attached hydrogen (secondary N) is 1. The van der Waals surface area contributed by atoms with Crippen molar-refractivity contribution in [1.29, 1.82) is 0 Å². The van der Waals surface area contributed by atoms with Gasteiger partial charge in [0.25, 0.3) is 5.91 Å². The van der Waals surface area contributed by atoms with Gasteiger partial charge in [-0.05, 0) is 24.3 Å². The van der Waals surface area contributed by atoms with E-state index in [0.717, 1.165) is 0 Å². The van der Waals surface area contributed by atoms with Crippen molar-refractivity contribution >= 4 is 23.7 Å².